The van der Waals surface area contributed by atoms with Gasteiger partial charge in [-0.2, -0.15) is 0 Å². The number of aromatic nitrogens is 2. The molecular weight excluding hydrogens is 510 g/mol. The molecule has 1 atom stereocenters. The van der Waals surface area contributed by atoms with Gasteiger partial charge in [0.05, 0.1) is 39.0 Å². The molecule has 12 nitrogen and oxygen atoms in total. The average molecular weight is 537 g/mol. The first kappa shape index (κ1) is 26.2. The average Bonchev–Trinajstić information content (AvgIpc) is 3.10. The van der Waals surface area contributed by atoms with Crippen molar-refractivity contribution in [3.63, 3.8) is 0 Å². The van der Waals surface area contributed by atoms with Gasteiger partial charge in [0.1, 0.15) is 17.6 Å². The molecule has 1 aromatic heterocycles. The van der Waals surface area contributed by atoms with E-state index in [1.165, 1.54) is 17.0 Å². The van der Waals surface area contributed by atoms with Crippen LogP contribution in [0.15, 0.2) is 30.6 Å². The van der Waals surface area contributed by atoms with E-state index in [9.17, 15) is 9.59 Å². The molecule has 37 heavy (non-hydrogen) atoms. The van der Waals surface area contributed by atoms with Gasteiger partial charge < -0.3 is 25.0 Å². The lowest BCUT2D eigenvalue weighted by molar-refractivity contribution is 0.142. The maximum absolute atomic E-state index is 15.1. The van der Waals surface area contributed by atoms with Crippen LogP contribution in [0.3, 0.4) is 0 Å². The van der Waals surface area contributed by atoms with Gasteiger partial charge in [-0.1, -0.05) is 0 Å². The molecule has 2 fully saturated rings. The highest BCUT2D eigenvalue weighted by molar-refractivity contribution is 7.80. The number of hydrogen-bond acceptors (Lipinski definition) is 9. The molecule has 15 heteroatoms. The number of ether oxygens (including phenoxy) is 2. The van der Waals surface area contributed by atoms with Crippen LogP contribution in [0.4, 0.5) is 29.7 Å². The summed E-state index contributed by atoms with van der Waals surface area (Å²) in [4.78, 5) is 35.6. The number of cyclic esters (lactones) is 1. The molecule has 198 valence electrons. The van der Waals surface area contributed by atoms with Gasteiger partial charge in [0.25, 0.3) is 5.17 Å². The Balaban J connectivity index is 1.37. The fourth-order valence-electron chi connectivity index (χ4n) is 3.92. The van der Waals surface area contributed by atoms with Gasteiger partial charge in [0.2, 0.25) is 0 Å². The van der Waals surface area contributed by atoms with Gasteiger partial charge in [0, 0.05) is 44.2 Å². The number of thiocarbonyl (C=S) groups is 1. The number of amides is 3. The number of carbonyl (C=O) groups excluding carboxylic acids is 2. The summed E-state index contributed by atoms with van der Waals surface area (Å²) in [6.45, 7) is 1.28. The van der Waals surface area contributed by atoms with Crippen LogP contribution in [0, 0.1) is 11.6 Å². The summed E-state index contributed by atoms with van der Waals surface area (Å²) in [6, 6.07) is 3.45. The zero-order valence-electron chi connectivity index (χ0n) is 19.9. The van der Waals surface area contributed by atoms with Crippen LogP contribution in [-0.4, -0.2) is 84.8 Å². The Morgan fingerprint density at radius 1 is 1.22 bits per heavy atom. The molecule has 4 rings (SSSR count). The molecule has 2 aliphatic rings. The third kappa shape index (κ3) is 6.48. The maximum Gasteiger partial charge on any atom is 0.414 e. The summed E-state index contributed by atoms with van der Waals surface area (Å²) in [5, 5.41) is 6.97. The Bertz CT molecular complexity index is 1120. The summed E-state index contributed by atoms with van der Waals surface area (Å²) >= 11 is 4.89. The molecule has 1 aromatic carbocycles. The number of hydrazine groups is 1. The second kappa shape index (κ2) is 11.9. The van der Waals surface area contributed by atoms with E-state index >= 15 is 8.78 Å². The fourth-order valence-corrected chi connectivity index (χ4v) is 4.00. The normalized spacial score (nSPS) is 17.8. The molecule has 2 aromatic rings. The zero-order valence-corrected chi connectivity index (χ0v) is 20.8. The predicted octanol–water partition coefficient (Wildman–Crippen LogP) is 1.14. The van der Waals surface area contributed by atoms with E-state index in [1.54, 1.807) is 18.5 Å². The number of halogens is 2. The Morgan fingerprint density at radius 3 is 2.65 bits per heavy atom. The molecule has 0 bridgehead atoms. The molecule has 3 heterocycles. The van der Waals surface area contributed by atoms with Crippen LogP contribution in [0.25, 0.3) is 0 Å². The maximum atomic E-state index is 15.1. The molecular formula is C22H26F2N8O4S. The number of nitrogens with zero attached hydrogens (tertiary/aromatic N) is 5. The minimum Gasteiger partial charge on any atom is -0.474 e. The number of benzene rings is 1. The number of urea groups is 1. The lowest BCUT2D eigenvalue weighted by Crippen LogP contribution is -2.48. The minimum atomic E-state index is -0.830. The number of carbonyl (C=O) groups is 2. The summed E-state index contributed by atoms with van der Waals surface area (Å²) in [5.41, 5.74) is 2.75. The van der Waals surface area contributed by atoms with E-state index in [1.807, 2.05) is 0 Å². The van der Waals surface area contributed by atoms with Crippen LogP contribution in [-0.2, 0) is 16.0 Å². The van der Waals surface area contributed by atoms with Crippen molar-refractivity contribution in [1.29, 1.82) is 0 Å². The Morgan fingerprint density at radius 2 is 1.95 bits per heavy atom. The monoisotopic (exact) mass is 536 g/mol. The number of anilines is 2. The van der Waals surface area contributed by atoms with Crippen LogP contribution in [0.5, 0.6) is 0 Å². The van der Waals surface area contributed by atoms with Crippen molar-refractivity contribution in [3.8, 4) is 0 Å². The van der Waals surface area contributed by atoms with Crippen molar-refractivity contribution in [2.45, 2.75) is 12.6 Å². The largest absolute Gasteiger partial charge is 0.474 e. The van der Waals surface area contributed by atoms with Crippen LogP contribution >= 0.6 is 12.2 Å². The summed E-state index contributed by atoms with van der Waals surface area (Å²) < 4.78 is 40.4. The van der Waals surface area contributed by atoms with Crippen molar-refractivity contribution in [2.75, 3.05) is 56.2 Å². The van der Waals surface area contributed by atoms with Crippen LogP contribution in [0.2, 0.25) is 0 Å². The highest BCUT2D eigenvalue weighted by Gasteiger charge is 2.34. The van der Waals surface area contributed by atoms with E-state index in [-0.39, 0.29) is 62.4 Å². The van der Waals surface area contributed by atoms with Gasteiger partial charge in [-0.3, -0.25) is 9.91 Å². The van der Waals surface area contributed by atoms with Gasteiger partial charge in [-0.05, 0) is 18.3 Å². The first-order chi connectivity index (χ1) is 17.9. The van der Waals surface area contributed by atoms with Gasteiger partial charge in [0.15, 0.2) is 11.6 Å². The van der Waals surface area contributed by atoms with E-state index < -0.39 is 29.9 Å². The van der Waals surface area contributed by atoms with Gasteiger partial charge >= 0.3 is 12.1 Å². The summed E-state index contributed by atoms with van der Waals surface area (Å²) in [7, 11) is 1.41. The van der Waals surface area contributed by atoms with Gasteiger partial charge in [-0.15, -0.1) is 0 Å². The van der Waals surface area contributed by atoms with E-state index in [4.69, 9.17) is 21.7 Å². The number of nitrogens with one attached hydrogen (secondary N) is 3. The molecule has 3 amide bonds. The van der Waals surface area contributed by atoms with Crippen molar-refractivity contribution in [1.82, 2.24) is 31.0 Å². The van der Waals surface area contributed by atoms with Crippen LogP contribution in [0.1, 0.15) is 5.82 Å². The number of methoxy groups -OCH3 is 1. The number of hydrogen-bond donors (Lipinski definition) is 3. The summed E-state index contributed by atoms with van der Waals surface area (Å²) in [5.74, 6) is -1.20. The fraction of sp³-hybridized carbons (Fsp3) is 0.409. The third-order valence-corrected chi connectivity index (χ3v) is 6.01. The van der Waals surface area contributed by atoms with E-state index in [0.717, 1.165) is 17.0 Å². The van der Waals surface area contributed by atoms with Crippen molar-refractivity contribution >= 4 is 40.9 Å². The van der Waals surface area contributed by atoms with Crippen LogP contribution < -0.4 is 25.9 Å². The molecule has 2 aliphatic heterocycles. The second-order valence-electron chi connectivity index (χ2n) is 8.12. The van der Waals surface area contributed by atoms with Gasteiger partial charge in [-0.25, -0.2) is 33.8 Å². The molecule has 2 saturated heterocycles. The predicted molar refractivity (Wildman–Crippen MR) is 133 cm³/mol. The molecule has 0 aliphatic carbocycles. The van der Waals surface area contributed by atoms with Crippen molar-refractivity contribution in [3.05, 3.63) is 48.1 Å². The Kier molecular flexibility index (Phi) is 8.45. The lowest BCUT2D eigenvalue weighted by Gasteiger charge is -2.25. The first-order valence-corrected chi connectivity index (χ1v) is 11.8. The molecule has 0 spiro atoms. The molecule has 0 radical (unpaired) electrons. The number of rotatable bonds is 6. The topological polar surface area (TPSA) is 124 Å². The molecule has 3 N–H and O–H groups in total. The minimum absolute atomic E-state index is 0.0395. The van der Waals surface area contributed by atoms with E-state index in [0.29, 0.717) is 5.82 Å². The Hall–Kier alpha value is -3.85. The second-order valence-corrected chi connectivity index (χ2v) is 8.49. The standard InChI is InChI=1S/C22H26F2N8O4S/c1-35-21(37)28-11-15-13-31(22(34)36-15)14-9-16(23)19(17(24)10-14)30-6-5-29-32(8-7-30)20(33)27-12-18-25-3-2-4-26-18/h2-4,9-10,15,29H,5-8,11-13H2,1H3,(H,27,33)(H,28,37)/t15-/m0/s1. The summed E-state index contributed by atoms with van der Waals surface area (Å²) in [6.07, 6.45) is 1.86. The zero-order chi connectivity index (χ0) is 26.4. The van der Waals surface area contributed by atoms with Crippen molar-refractivity contribution in [2.24, 2.45) is 0 Å². The quantitative estimate of drug-likeness (QED) is 0.463. The van der Waals surface area contributed by atoms with E-state index in [2.05, 4.69) is 26.0 Å². The first-order valence-electron chi connectivity index (χ1n) is 11.4. The molecule has 0 saturated carbocycles. The highest BCUT2D eigenvalue weighted by atomic mass is 32.1. The SMILES string of the molecule is COC(=S)NC[C@H]1CN(c2cc(F)c(N3CCNN(C(=O)NCc4ncccn4)CC3)c(F)c2)C(=O)O1. The lowest BCUT2D eigenvalue weighted by atomic mass is 10.2. The van der Waals surface area contributed by atoms with Crippen molar-refractivity contribution < 1.29 is 27.8 Å². The molecule has 0 unspecified atom stereocenters. The smallest absolute Gasteiger partial charge is 0.414 e. The Labute approximate surface area is 216 Å². The highest BCUT2D eigenvalue weighted by Crippen LogP contribution is 2.31. The third-order valence-electron chi connectivity index (χ3n) is 5.70.